The van der Waals surface area contributed by atoms with E-state index in [1.807, 2.05) is 48.0 Å². The lowest BCUT2D eigenvalue weighted by Crippen LogP contribution is -2.47. The van der Waals surface area contributed by atoms with Gasteiger partial charge in [0.25, 0.3) is 0 Å². The van der Waals surface area contributed by atoms with Gasteiger partial charge in [-0.15, -0.1) is 0 Å². The maximum Gasteiger partial charge on any atom is 0.236 e. The summed E-state index contributed by atoms with van der Waals surface area (Å²) in [7, 11) is -1.08. The molecule has 0 spiro atoms. The van der Waals surface area contributed by atoms with Crippen LogP contribution in [-0.4, -0.2) is 74.5 Å². The number of hydrogen-bond donors (Lipinski definition) is 0. The third-order valence-corrected chi connectivity index (χ3v) is 7.05. The Balaban J connectivity index is 1.45. The number of carbonyl (C=O) groups is 1. The van der Waals surface area contributed by atoms with Crippen molar-refractivity contribution in [1.82, 2.24) is 9.80 Å². The normalized spacial score (nSPS) is 23.3. The largest absolute Gasteiger partial charge is 0.490 e. The number of aryl methyl sites for hydroxylation is 1. The van der Waals surface area contributed by atoms with E-state index in [0.717, 1.165) is 18.6 Å². The fourth-order valence-electron chi connectivity index (χ4n) is 3.67. The van der Waals surface area contributed by atoms with Gasteiger partial charge in [-0.3, -0.25) is 9.69 Å². The Morgan fingerprint density at radius 3 is 2.62 bits per heavy atom. The zero-order valence-corrected chi connectivity index (χ0v) is 16.4. The lowest BCUT2D eigenvalue weighted by Gasteiger charge is -2.34. The van der Waals surface area contributed by atoms with E-state index in [9.17, 15) is 13.2 Å². The molecule has 1 atom stereocenters. The molecule has 2 saturated heterocycles. The van der Waals surface area contributed by atoms with Gasteiger partial charge in [-0.25, -0.2) is 8.42 Å². The number of rotatable bonds is 5. The summed E-state index contributed by atoms with van der Waals surface area (Å²) in [5, 5.41) is 0. The first kappa shape index (κ1) is 19.2. The van der Waals surface area contributed by atoms with Crippen LogP contribution in [0.2, 0.25) is 0 Å². The molecule has 0 N–H and O–H groups in total. The van der Waals surface area contributed by atoms with Gasteiger partial charge < -0.3 is 9.64 Å². The second-order valence-corrected chi connectivity index (χ2v) is 9.72. The number of piperidine rings is 1. The summed E-state index contributed by atoms with van der Waals surface area (Å²) >= 11 is 0. The molecule has 0 saturated carbocycles. The molecule has 2 heterocycles. The van der Waals surface area contributed by atoms with Crippen molar-refractivity contribution in [3.8, 4) is 5.75 Å². The monoisotopic (exact) mass is 380 g/mol. The van der Waals surface area contributed by atoms with Gasteiger partial charge >= 0.3 is 0 Å². The summed E-state index contributed by atoms with van der Waals surface area (Å²) in [5.41, 5.74) is 1.17. The maximum absolute atomic E-state index is 12.5. The third kappa shape index (κ3) is 4.98. The topological polar surface area (TPSA) is 66.9 Å². The molecule has 1 aromatic rings. The number of benzene rings is 1. The standard InChI is InChI=1S/C19H28N2O4S/c1-15-4-3-5-18(12-15)25-17-6-9-21(10-7-17)19(22)13-20(2)16-8-11-26(23,24)14-16/h3-5,12,16-17H,6-11,13-14H2,1-2H3. The first-order valence-corrected chi connectivity index (χ1v) is 11.1. The molecule has 1 amide bonds. The molecule has 0 radical (unpaired) electrons. The highest BCUT2D eigenvalue weighted by molar-refractivity contribution is 7.91. The third-order valence-electron chi connectivity index (χ3n) is 5.30. The van der Waals surface area contributed by atoms with E-state index in [1.165, 1.54) is 5.56 Å². The minimum atomic E-state index is -2.92. The number of hydrogen-bond acceptors (Lipinski definition) is 5. The summed E-state index contributed by atoms with van der Waals surface area (Å²) in [6, 6.07) is 7.99. The number of amides is 1. The van der Waals surface area contributed by atoms with Crippen LogP contribution < -0.4 is 4.74 Å². The van der Waals surface area contributed by atoms with Gasteiger partial charge in [-0.2, -0.15) is 0 Å². The zero-order chi connectivity index (χ0) is 18.7. The van der Waals surface area contributed by atoms with Crippen LogP contribution in [0.15, 0.2) is 24.3 Å². The van der Waals surface area contributed by atoms with Crippen molar-refractivity contribution in [2.24, 2.45) is 0 Å². The minimum absolute atomic E-state index is 0.0360. The van der Waals surface area contributed by atoms with Gasteiger partial charge in [0.05, 0.1) is 18.1 Å². The first-order chi connectivity index (χ1) is 12.3. The van der Waals surface area contributed by atoms with Crippen molar-refractivity contribution in [3.63, 3.8) is 0 Å². The van der Waals surface area contributed by atoms with E-state index in [2.05, 4.69) is 0 Å². The van der Waals surface area contributed by atoms with Crippen LogP contribution in [0.1, 0.15) is 24.8 Å². The molecule has 3 rings (SSSR count). The Hall–Kier alpha value is -1.60. The lowest BCUT2D eigenvalue weighted by molar-refractivity contribution is -0.134. The van der Waals surface area contributed by atoms with Gasteiger partial charge in [0.2, 0.25) is 5.91 Å². The molecule has 0 aromatic heterocycles. The number of ether oxygens (including phenoxy) is 1. The molecule has 144 valence electrons. The van der Waals surface area contributed by atoms with Crippen LogP contribution in [0.3, 0.4) is 0 Å². The molecule has 2 aliphatic heterocycles. The van der Waals surface area contributed by atoms with Crippen molar-refractivity contribution in [2.45, 2.75) is 38.3 Å². The van der Waals surface area contributed by atoms with Crippen LogP contribution >= 0.6 is 0 Å². The molecule has 0 bridgehead atoms. The number of likely N-dealkylation sites (N-methyl/N-ethyl adjacent to an activating group) is 1. The number of sulfone groups is 1. The van der Waals surface area contributed by atoms with Crippen molar-refractivity contribution in [3.05, 3.63) is 29.8 Å². The van der Waals surface area contributed by atoms with E-state index in [4.69, 9.17) is 4.74 Å². The quantitative estimate of drug-likeness (QED) is 0.774. The van der Waals surface area contributed by atoms with E-state index >= 15 is 0 Å². The van der Waals surface area contributed by atoms with Gasteiger partial charge in [-0.05, 0) is 38.1 Å². The van der Waals surface area contributed by atoms with Crippen LogP contribution in [0.4, 0.5) is 0 Å². The highest BCUT2D eigenvalue weighted by atomic mass is 32.2. The molecule has 6 nitrogen and oxygen atoms in total. The maximum atomic E-state index is 12.5. The highest BCUT2D eigenvalue weighted by Gasteiger charge is 2.32. The summed E-state index contributed by atoms with van der Waals surface area (Å²) in [6.45, 7) is 3.70. The lowest BCUT2D eigenvalue weighted by atomic mass is 10.1. The van der Waals surface area contributed by atoms with Crippen molar-refractivity contribution in [1.29, 1.82) is 0 Å². The Kier molecular flexibility index (Phi) is 5.87. The van der Waals surface area contributed by atoms with Gasteiger partial charge in [0.1, 0.15) is 11.9 Å². The average Bonchev–Trinajstić information content (AvgIpc) is 2.95. The molecular weight excluding hydrogens is 352 g/mol. The van der Waals surface area contributed by atoms with Gasteiger partial charge in [0, 0.05) is 32.0 Å². The second-order valence-electron chi connectivity index (χ2n) is 7.49. The fraction of sp³-hybridized carbons (Fsp3) is 0.632. The SMILES string of the molecule is Cc1cccc(OC2CCN(C(=O)CN(C)C3CCS(=O)(=O)C3)CC2)c1. The molecule has 7 heteroatoms. The zero-order valence-electron chi connectivity index (χ0n) is 15.6. The molecule has 1 aromatic carbocycles. The Morgan fingerprint density at radius 2 is 2.00 bits per heavy atom. The van der Waals surface area contributed by atoms with Crippen LogP contribution in [0.5, 0.6) is 5.75 Å². The van der Waals surface area contributed by atoms with Crippen molar-refractivity contribution < 1.29 is 17.9 Å². The Bertz CT molecular complexity index is 742. The molecule has 1 unspecified atom stereocenters. The van der Waals surface area contributed by atoms with Crippen LogP contribution in [-0.2, 0) is 14.6 Å². The van der Waals surface area contributed by atoms with Crippen LogP contribution in [0.25, 0.3) is 0 Å². The van der Waals surface area contributed by atoms with Gasteiger partial charge in [-0.1, -0.05) is 12.1 Å². The summed E-state index contributed by atoms with van der Waals surface area (Å²) in [6.07, 6.45) is 2.40. The summed E-state index contributed by atoms with van der Waals surface area (Å²) < 4.78 is 29.2. The summed E-state index contributed by atoms with van der Waals surface area (Å²) in [5.74, 6) is 1.36. The molecule has 2 fully saturated rings. The highest BCUT2D eigenvalue weighted by Crippen LogP contribution is 2.21. The second kappa shape index (κ2) is 7.96. The van der Waals surface area contributed by atoms with Crippen molar-refractivity contribution in [2.75, 3.05) is 38.2 Å². The number of likely N-dealkylation sites (tertiary alicyclic amines) is 1. The minimum Gasteiger partial charge on any atom is -0.490 e. The Labute approximate surface area is 156 Å². The smallest absolute Gasteiger partial charge is 0.236 e. The molecule has 26 heavy (non-hydrogen) atoms. The average molecular weight is 381 g/mol. The van der Waals surface area contributed by atoms with E-state index < -0.39 is 9.84 Å². The number of carbonyl (C=O) groups excluding carboxylic acids is 1. The predicted octanol–water partition coefficient (Wildman–Crippen LogP) is 1.48. The number of nitrogens with zero attached hydrogens (tertiary/aromatic N) is 2. The van der Waals surface area contributed by atoms with Crippen molar-refractivity contribution >= 4 is 15.7 Å². The first-order valence-electron chi connectivity index (χ1n) is 9.24. The predicted molar refractivity (Wildman–Crippen MR) is 101 cm³/mol. The Morgan fingerprint density at radius 1 is 1.27 bits per heavy atom. The van der Waals surface area contributed by atoms with Crippen LogP contribution in [0, 0.1) is 6.92 Å². The molecule has 2 aliphatic rings. The molecule has 0 aliphatic carbocycles. The summed E-state index contributed by atoms with van der Waals surface area (Å²) in [4.78, 5) is 16.3. The fourth-order valence-corrected chi connectivity index (χ4v) is 5.47. The van der Waals surface area contributed by atoms with Gasteiger partial charge in [0.15, 0.2) is 9.84 Å². The van der Waals surface area contributed by atoms with E-state index in [-0.39, 0.29) is 36.1 Å². The van der Waals surface area contributed by atoms with E-state index in [0.29, 0.717) is 19.5 Å². The van der Waals surface area contributed by atoms with E-state index in [1.54, 1.807) is 0 Å². The molecular formula is C19H28N2O4S.